The predicted octanol–water partition coefficient (Wildman–Crippen LogP) is 8.34. The van der Waals surface area contributed by atoms with Gasteiger partial charge in [0, 0.05) is 72.0 Å². The normalized spacial score (nSPS) is 21.3. The van der Waals surface area contributed by atoms with Gasteiger partial charge in [-0.05, 0) is 99.5 Å². The number of hydrogen-bond acceptors (Lipinski definition) is 15. The van der Waals surface area contributed by atoms with Crippen LogP contribution < -0.4 is 25.6 Å². The third kappa shape index (κ3) is 11.1. The number of aliphatic hydroxyl groups is 1. The molecule has 5 N–H and O–H groups in total. The van der Waals surface area contributed by atoms with Crippen molar-refractivity contribution in [3.05, 3.63) is 129 Å². The average Bonchev–Trinajstić information content (AvgIpc) is 4.36. The highest BCUT2D eigenvalue weighted by molar-refractivity contribution is 7.15. The Balaban J connectivity index is 0.668. The zero-order chi connectivity index (χ0) is 57.2. The van der Waals surface area contributed by atoms with Crippen molar-refractivity contribution in [3.63, 3.8) is 0 Å². The van der Waals surface area contributed by atoms with Crippen LogP contribution in [0, 0.1) is 39.0 Å². The number of ether oxygens (including phenoxy) is 1. The molecule has 7 aromatic rings. The maximum Gasteiger partial charge on any atom is 0.306 e. The molecule has 1 aliphatic carbocycles. The van der Waals surface area contributed by atoms with Crippen LogP contribution in [0.1, 0.15) is 127 Å². The third-order valence-corrected chi connectivity index (χ3v) is 18.3. The molecule has 3 aliphatic heterocycles. The zero-order valence-electron chi connectivity index (χ0n) is 46.5. The van der Waals surface area contributed by atoms with Crippen molar-refractivity contribution in [2.45, 2.75) is 130 Å². The summed E-state index contributed by atoms with van der Waals surface area (Å²) in [6, 6.07) is 19.8. The number of aliphatic carboxylic acids is 1. The maximum absolute atomic E-state index is 14.4. The van der Waals surface area contributed by atoms with Crippen LogP contribution in [-0.4, -0.2) is 120 Å². The van der Waals surface area contributed by atoms with Crippen molar-refractivity contribution in [2.75, 3.05) is 24.5 Å². The topological polar surface area (TPSA) is 247 Å². The average molecular weight is 1140 g/mol. The van der Waals surface area contributed by atoms with Gasteiger partial charge in [-0.25, -0.2) is 4.98 Å². The number of thiophene rings is 1. The van der Waals surface area contributed by atoms with E-state index in [-0.39, 0.29) is 55.2 Å². The fourth-order valence-corrected chi connectivity index (χ4v) is 13.5. The monoisotopic (exact) mass is 1130 g/mol. The Morgan fingerprint density at radius 1 is 0.889 bits per heavy atom. The highest BCUT2D eigenvalue weighted by atomic mass is 32.1. The number of nitrogens with one attached hydrogen (secondary N) is 3. The minimum atomic E-state index is -1.06. The van der Waals surface area contributed by atoms with Gasteiger partial charge in [0.15, 0.2) is 11.6 Å². The summed E-state index contributed by atoms with van der Waals surface area (Å²) in [5, 5.41) is 40.0. The van der Waals surface area contributed by atoms with E-state index in [4.69, 9.17) is 14.1 Å². The smallest absolute Gasteiger partial charge is 0.306 e. The predicted molar refractivity (Wildman–Crippen MR) is 308 cm³/mol. The van der Waals surface area contributed by atoms with Crippen LogP contribution in [0.3, 0.4) is 0 Å². The largest absolute Gasteiger partial charge is 0.490 e. The molecule has 3 aromatic carbocycles. The summed E-state index contributed by atoms with van der Waals surface area (Å²) in [5.74, 6) is -0.834. The molecule has 0 bridgehead atoms. The van der Waals surface area contributed by atoms with Gasteiger partial charge in [-0.2, -0.15) is 0 Å². The Morgan fingerprint density at radius 2 is 1.63 bits per heavy atom. The molecule has 21 heteroatoms. The first-order chi connectivity index (χ1) is 38.7. The molecule has 4 aromatic heterocycles. The molecule has 1 saturated carbocycles. The number of thiazole rings is 1. The molecule has 4 aliphatic rings. The molecule has 81 heavy (non-hydrogen) atoms. The van der Waals surface area contributed by atoms with Crippen LogP contribution in [-0.2, 0) is 19.2 Å². The van der Waals surface area contributed by atoms with Gasteiger partial charge in [0.1, 0.15) is 46.4 Å². The number of carboxylic acids is 1. The van der Waals surface area contributed by atoms with E-state index in [9.17, 15) is 34.2 Å². The van der Waals surface area contributed by atoms with E-state index in [1.165, 1.54) is 4.90 Å². The molecule has 11 rings (SSSR count). The van der Waals surface area contributed by atoms with Crippen LogP contribution in [0.15, 0.2) is 87.7 Å². The number of nitrogens with zero attached hydrogens (tertiary/aromatic N) is 7. The number of carbonyl (C=O) groups excluding carboxylic acids is 4. The summed E-state index contributed by atoms with van der Waals surface area (Å²) < 4.78 is 14.3. The number of likely N-dealkylation sites (tertiary alicyclic amines) is 1. The third-order valence-electron chi connectivity index (χ3n) is 16.2. The van der Waals surface area contributed by atoms with E-state index in [2.05, 4.69) is 49.9 Å². The van der Waals surface area contributed by atoms with Crippen LogP contribution >= 0.6 is 22.7 Å². The van der Waals surface area contributed by atoms with Crippen molar-refractivity contribution in [1.82, 2.24) is 40.6 Å². The number of benzene rings is 3. The Bertz CT molecular complexity index is 3610. The standard InChI is InChI=1S/C60H66N10O9S2/c1-30-33(4)81-59-50(30)51(64-45(26-49(72)73)54-67-66-34(5)70(54)59)36-13-15-41(16-14-36)68-20-19-38(27-68)55(74)63-40-23-44(24-40)78-43-17-18-47-39(21-43)22-48(79-47)57(76)65-53(60(6,7)8)58(77)69-28-42(71)25-46(69)56(75)62-31(2)35-9-11-37(12-10-35)52-32(3)61-29-80-52/h9-18,21-22,29,31,38,40,42,44-46,53,71H,19-20,23-28H2,1-8H3,(H,62,75)(H,63,74)(H,65,76)(H,72,73)/t31?,38-,40-,42-,44+,45+,46+,53?/m1/s1. The fraction of sp³-hybridized carbons (Fsp3) is 0.417. The number of carboxylic acid groups (broad SMARTS) is 1. The minimum absolute atomic E-state index is 0.00152. The van der Waals surface area contributed by atoms with Crippen molar-refractivity contribution >= 4 is 74.6 Å². The molecular formula is C60H66N10O9S2. The highest BCUT2D eigenvalue weighted by Gasteiger charge is 2.45. The Morgan fingerprint density at radius 3 is 2.33 bits per heavy atom. The molecule has 4 amide bonds. The summed E-state index contributed by atoms with van der Waals surface area (Å²) in [4.78, 5) is 83.0. The lowest BCUT2D eigenvalue weighted by Crippen LogP contribution is -2.57. The number of aromatic nitrogens is 4. The Hall–Kier alpha value is -7.75. The van der Waals surface area contributed by atoms with Gasteiger partial charge in [-0.15, -0.1) is 32.9 Å². The lowest BCUT2D eigenvalue weighted by molar-refractivity contribution is -0.142. The van der Waals surface area contributed by atoms with Gasteiger partial charge < -0.3 is 45.1 Å². The van der Waals surface area contributed by atoms with Crippen LogP contribution in [0.25, 0.3) is 26.4 Å². The van der Waals surface area contributed by atoms with Crippen molar-refractivity contribution in [3.8, 4) is 21.2 Å². The van der Waals surface area contributed by atoms with Crippen molar-refractivity contribution < 1.29 is 43.3 Å². The molecule has 422 valence electrons. The number of hydrogen-bond donors (Lipinski definition) is 5. The zero-order valence-corrected chi connectivity index (χ0v) is 48.1. The maximum atomic E-state index is 14.4. The summed E-state index contributed by atoms with van der Waals surface area (Å²) in [6.07, 6.45) is 0.792. The molecule has 0 spiro atoms. The number of furan rings is 1. The molecule has 0 radical (unpaired) electrons. The summed E-state index contributed by atoms with van der Waals surface area (Å²) in [5.41, 5.74) is 8.97. The van der Waals surface area contributed by atoms with Crippen molar-refractivity contribution in [1.29, 1.82) is 0 Å². The molecular weight excluding hydrogens is 1070 g/mol. The van der Waals surface area contributed by atoms with E-state index in [0.717, 1.165) is 66.2 Å². The molecule has 3 fully saturated rings. The number of fused-ring (bicyclic) bond motifs is 4. The second-order valence-corrected chi connectivity index (χ2v) is 25.0. The Labute approximate surface area is 476 Å². The molecule has 2 saturated heterocycles. The van der Waals surface area contributed by atoms with E-state index in [1.54, 1.807) is 46.9 Å². The second-order valence-electron chi connectivity index (χ2n) is 23.0. The van der Waals surface area contributed by atoms with Gasteiger partial charge in [0.2, 0.25) is 17.7 Å². The van der Waals surface area contributed by atoms with Crippen LogP contribution in [0.2, 0.25) is 0 Å². The van der Waals surface area contributed by atoms with Gasteiger partial charge in [-0.3, -0.25) is 33.5 Å². The molecule has 2 unspecified atom stereocenters. The quantitative estimate of drug-likeness (QED) is 0.0649. The summed E-state index contributed by atoms with van der Waals surface area (Å²) in [6.45, 7) is 16.6. The first-order valence-electron chi connectivity index (χ1n) is 27.5. The number of amides is 4. The minimum Gasteiger partial charge on any atom is -0.490 e. The van der Waals surface area contributed by atoms with Crippen molar-refractivity contribution in [2.24, 2.45) is 16.3 Å². The first kappa shape index (κ1) is 55.2. The van der Waals surface area contributed by atoms with E-state index in [0.29, 0.717) is 54.2 Å². The van der Waals surface area contributed by atoms with E-state index < -0.39 is 53.3 Å². The number of aliphatic hydroxyl groups excluding tert-OH is 1. The number of aryl methyl sites for hydroxylation is 3. The number of aliphatic imine (C=N–C) groups is 1. The van der Waals surface area contributed by atoms with E-state index in [1.807, 2.05) is 100 Å². The summed E-state index contributed by atoms with van der Waals surface area (Å²) >= 11 is 3.19. The fourth-order valence-electron chi connectivity index (χ4n) is 11.4. The van der Waals surface area contributed by atoms with Gasteiger partial charge in [-0.1, -0.05) is 57.2 Å². The molecule has 6 atom stereocenters. The second kappa shape index (κ2) is 22.0. The number of rotatable bonds is 15. The number of carbonyl (C=O) groups is 5. The Kier molecular flexibility index (Phi) is 15.0. The SMILES string of the molecule is Cc1ncsc1-c1ccc(C(C)NC(=O)[C@@H]2C[C@@H](O)CN2C(=O)C(NC(=O)c2cc3cc(O[C@H]4C[C@@H](NC(=O)[C@@H]5CCN(c6ccc(C7=N[C@@H](CC(=O)O)c8nnc(C)n8-c8sc(C)c(C)c87)cc6)C5)C4)ccc3o2)C(C)(C)C)cc1. The van der Waals surface area contributed by atoms with Gasteiger partial charge in [0.05, 0.1) is 46.3 Å². The summed E-state index contributed by atoms with van der Waals surface area (Å²) in [7, 11) is 0. The highest BCUT2D eigenvalue weighted by Crippen LogP contribution is 2.41. The molecule has 19 nitrogen and oxygen atoms in total. The first-order valence-corrected chi connectivity index (χ1v) is 29.2. The lowest BCUT2D eigenvalue weighted by Gasteiger charge is -2.36. The van der Waals surface area contributed by atoms with E-state index >= 15 is 0 Å². The van der Waals surface area contributed by atoms with Gasteiger partial charge in [0.25, 0.3) is 5.91 Å². The molecule has 7 heterocycles. The van der Waals surface area contributed by atoms with Crippen LogP contribution in [0.4, 0.5) is 5.69 Å². The van der Waals surface area contributed by atoms with Crippen LogP contribution in [0.5, 0.6) is 5.75 Å². The number of anilines is 1. The van der Waals surface area contributed by atoms with Gasteiger partial charge >= 0.3 is 5.97 Å². The number of β-amino-alcohol motifs (C(OH)–C–C–N with tert-alkyl or cyclic N) is 1. The lowest BCUT2D eigenvalue weighted by atomic mass is 9.85.